The van der Waals surface area contributed by atoms with Crippen LogP contribution in [0.3, 0.4) is 0 Å². The van der Waals surface area contributed by atoms with Crippen molar-refractivity contribution in [2.75, 3.05) is 17.6 Å². The summed E-state index contributed by atoms with van der Waals surface area (Å²) >= 11 is 0. The number of methoxy groups -OCH3 is 1. The minimum absolute atomic E-state index is 0.114. The Morgan fingerprint density at radius 2 is 1.90 bits per heavy atom. The maximum Gasteiger partial charge on any atom is 0.339 e. The molecule has 1 aliphatic rings. The number of para-hydroxylation sites is 1. The SMILES string of the molecule is COC(=O)c1ccccc1NS(=O)(=O)CC1CCCCC1. The van der Waals surface area contributed by atoms with E-state index < -0.39 is 16.0 Å². The smallest absolute Gasteiger partial charge is 0.339 e. The quantitative estimate of drug-likeness (QED) is 0.849. The van der Waals surface area contributed by atoms with Crippen LogP contribution in [0, 0.1) is 5.92 Å². The molecule has 0 amide bonds. The van der Waals surface area contributed by atoms with Gasteiger partial charge in [0.1, 0.15) is 0 Å². The highest BCUT2D eigenvalue weighted by Gasteiger charge is 2.23. The van der Waals surface area contributed by atoms with Crippen LogP contribution in [0.4, 0.5) is 5.69 Å². The molecular weight excluding hydrogens is 290 g/mol. The second-order valence-corrected chi connectivity index (χ2v) is 7.19. The molecule has 2 rings (SSSR count). The van der Waals surface area contributed by atoms with E-state index in [0.29, 0.717) is 0 Å². The monoisotopic (exact) mass is 311 g/mol. The summed E-state index contributed by atoms with van der Waals surface area (Å²) in [6, 6.07) is 6.48. The first kappa shape index (κ1) is 15.8. The Morgan fingerprint density at radius 1 is 1.24 bits per heavy atom. The zero-order valence-electron chi connectivity index (χ0n) is 12.2. The summed E-state index contributed by atoms with van der Waals surface area (Å²) in [5, 5.41) is 0. The molecule has 1 fully saturated rings. The topological polar surface area (TPSA) is 72.5 Å². The molecule has 1 aromatic rings. The van der Waals surface area contributed by atoms with E-state index in [9.17, 15) is 13.2 Å². The van der Waals surface area contributed by atoms with E-state index >= 15 is 0 Å². The first-order valence-electron chi connectivity index (χ1n) is 7.19. The summed E-state index contributed by atoms with van der Waals surface area (Å²) in [4.78, 5) is 11.7. The van der Waals surface area contributed by atoms with Gasteiger partial charge in [0.25, 0.3) is 0 Å². The lowest BCUT2D eigenvalue weighted by Crippen LogP contribution is -2.25. The lowest BCUT2D eigenvalue weighted by molar-refractivity contribution is 0.0602. The third-order valence-corrected chi connectivity index (χ3v) is 5.22. The molecule has 6 heteroatoms. The van der Waals surface area contributed by atoms with Gasteiger partial charge in [-0.1, -0.05) is 31.4 Å². The zero-order chi connectivity index (χ0) is 15.3. The molecular formula is C15H21NO4S. The van der Waals surface area contributed by atoms with Crippen molar-refractivity contribution in [2.45, 2.75) is 32.1 Å². The molecule has 1 aromatic carbocycles. The molecule has 1 N–H and O–H groups in total. The van der Waals surface area contributed by atoms with E-state index in [4.69, 9.17) is 0 Å². The summed E-state index contributed by atoms with van der Waals surface area (Å²) in [6.07, 6.45) is 5.30. The number of benzene rings is 1. The summed E-state index contributed by atoms with van der Waals surface area (Å²) in [5.41, 5.74) is 0.507. The molecule has 0 heterocycles. The Bertz CT molecular complexity index is 591. The number of carbonyl (C=O) groups is 1. The zero-order valence-corrected chi connectivity index (χ0v) is 13.0. The molecule has 5 nitrogen and oxygen atoms in total. The van der Waals surface area contributed by atoms with Gasteiger partial charge in [0.15, 0.2) is 0 Å². The summed E-state index contributed by atoms with van der Waals surface area (Å²) in [6.45, 7) is 0. The highest BCUT2D eigenvalue weighted by atomic mass is 32.2. The van der Waals surface area contributed by atoms with Crippen LogP contribution in [0.25, 0.3) is 0 Å². The first-order chi connectivity index (χ1) is 10.0. The van der Waals surface area contributed by atoms with Crippen molar-refractivity contribution in [1.29, 1.82) is 0 Å². The Labute approximate surface area is 125 Å². The third-order valence-electron chi connectivity index (χ3n) is 3.78. The second kappa shape index (κ2) is 6.93. The molecule has 0 atom stereocenters. The fraction of sp³-hybridized carbons (Fsp3) is 0.533. The van der Waals surface area contributed by atoms with Crippen LogP contribution in [-0.4, -0.2) is 27.2 Å². The van der Waals surface area contributed by atoms with Gasteiger partial charge >= 0.3 is 5.97 Å². The third kappa shape index (κ3) is 4.46. The molecule has 1 saturated carbocycles. The number of ether oxygens (including phenoxy) is 1. The Morgan fingerprint density at radius 3 is 2.57 bits per heavy atom. The van der Waals surface area contributed by atoms with Crippen molar-refractivity contribution in [2.24, 2.45) is 5.92 Å². The van der Waals surface area contributed by atoms with Crippen LogP contribution in [0.5, 0.6) is 0 Å². The maximum atomic E-state index is 12.3. The molecule has 0 bridgehead atoms. The summed E-state index contributed by atoms with van der Waals surface area (Å²) < 4.78 is 31.7. The van der Waals surface area contributed by atoms with Gasteiger partial charge in [-0.25, -0.2) is 13.2 Å². The lowest BCUT2D eigenvalue weighted by Gasteiger charge is -2.21. The van der Waals surface area contributed by atoms with Crippen LogP contribution in [0.2, 0.25) is 0 Å². The molecule has 21 heavy (non-hydrogen) atoms. The van der Waals surface area contributed by atoms with Gasteiger partial charge in [-0.05, 0) is 30.9 Å². The van der Waals surface area contributed by atoms with Crippen LogP contribution in [-0.2, 0) is 14.8 Å². The number of hydrogen-bond acceptors (Lipinski definition) is 4. The van der Waals surface area contributed by atoms with Gasteiger partial charge < -0.3 is 4.74 Å². The number of hydrogen-bond donors (Lipinski definition) is 1. The fourth-order valence-corrected chi connectivity index (χ4v) is 4.28. The predicted molar refractivity (Wildman–Crippen MR) is 81.8 cm³/mol. The number of carbonyl (C=O) groups excluding carboxylic acids is 1. The molecule has 1 aliphatic carbocycles. The molecule has 0 radical (unpaired) electrons. The number of sulfonamides is 1. The number of rotatable bonds is 5. The normalized spacial score (nSPS) is 16.4. The minimum atomic E-state index is -3.46. The van der Waals surface area contributed by atoms with Crippen LogP contribution < -0.4 is 4.72 Å². The summed E-state index contributed by atoms with van der Waals surface area (Å²) in [7, 11) is -2.18. The van der Waals surface area contributed by atoms with Crippen LogP contribution in [0.1, 0.15) is 42.5 Å². The lowest BCUT2D eigenvalue weighted by atomic mass is 9.91. The van der Waals surface area contributed by atoms with E-state index in [1.807, 2.05) is 0 Å². The van der Waals surface area contributed by atoms with Crippen molar-refractivity contribution in [3.8, 4) is 0 Å². The van der Waals surface area contributed by atoms with E-state index in [2.05, 4.69) is 9.46 Å². The second-order valence-electron chi connectivity index (χ2n) is 5.42. The van der Waals surface area contributed by atoms with E-state index in [1.165, 1.54) is 13.5 Å². The van der Waals surface area contributed by atoms with Crippen molar-refractivity contribution >= 4 is 21.7 Å². The Kier molecular flexibility index (Phi) is 5.22. The predicted octanol–water partition coefficient (Wildman–Crippen LogP) is 2.80. The Hall–Kier alpha value is -1.56. The van der Waals surface area contributed by atoms with Crippen LogP contribution in [0.15, 0.2) is 24.3 Å². The molecule has 116 valence electrons. The van der Waals surface area contributed by atoms with Gasteiger partial charge in [-0.2, -0.15) is 0 Å². The van der Waals surface area contributed by atoms with Crippen molar-refractivity contribution in [3.63, 3.8) is 0 Å². The average Bonchev–Trinajstić information content (AvgIpc) is 2.47. The Balaban J connectivity index is 2.11. The van der Waals surface area contributed by atoms with Crippen molar-refractivity contribution in [1.82, 2.24) is 0 Å². The molecule has 0 unspecified atom stereocenters. The summed E-state index contributed by atoms with van der Waals surface area (Å²) in [5.74, 6) is -0.227. The van der Waals surface area contributed by atoms with Crippen molar-refractivity contribution in [3.05, 3.63) is 29.8 Å². The fourth-order valence-electron chi connectivity index (χ4n) is 2.73. The minimum Gasteiger partial charge on any atom is -0.465 e. The van der Waals surface area contributed by atoms with Gasteiger partial charge in [0.2, 0.25) is 10.0 Å². The van der Waals surface area contributed by atoms with Crippen LogP contribution >= 0.6 is 0 Å². The number of nitrogens with one attached hydrogen (secondary N) is 1. The van der Waals surface area contributed by atoms with Gasteiger partial charge in [0.05, 0.1) is 24.1 Å². The first-order valence-corrected chi connectivity index (χ1v) is 8.85. The molecule has 0 aliphatic heterocycles. The standard InChI is InChI=1S/C15H21NO4S/c1-20-15(17)13-9-5-6-10-14(13)16-21(18,19)11-12-7-3-2-4-8-12/h5-6,9-10,12,16H,2-4,7-8,11H2,1H3. The highest BCUT2D eigenvalue weighted by Crippen LogP contribution is 2.26. The number of anilines is 1. The average molecular weight is 311 g/mol. The number of esters is 1. The van der Waals surface area contributed by atoms with E-state index in [-0.39, 0.29) is 22.9 Å². The maximum absolute atomic E-state index is 12.3. The van der Waals surface area contributed by atoms with Gasteiger partial charge in [-0.3, -0.25) is 4.72 Å². The molecule has 0 saturated heterocycles. The van der Waals surface area contributed by atoms with Gasteiger partial charge in [0, 0.05) is 0 Å². The molecule has 0 spiro atoms. The van der Waals surface area contributed by atoms with Crippen molar-refractivity contribution < 1.29 is 17.9 Å². The highest BCUT2D eigenvalue weighted by molar-refractivity contribution is 7.92. The van der Waals surface area contributed by atoms with E-state index in [1.54, 1.807) is 24.3 Å². The molecule has 0 aromatic heterocycles. The van der Waals surface area contributed by atoms with Gasteiger partial charge in [-0.15, -0.1) is 0 Å². The largest absolute Gasteiger partial charge is 0.465 e. The van der Waals surface area contributed by atoms with E-state index in [0.717, 1.165) is 25.7 Å².